The molecule has 1 aromatic rings. The van der Waals surface area contributed by atoms with E-state index in [4.69, 9.17) is 4.74 Å². The van der Waals surface area contributed by atoms with Gasteiger partial charge in [-0.05, 0) is 6.92 Å². The summed E-state index contributed by atoms with van der Waals surface area (Å²) in [6.45, 7) is 3.83. The van der Waals surface area contributed by atoms with Crippen molar-refractivity contribution in [2.75, 3.05) is 0 Å². The van der Waals surface area contributed by atoms with E-state index in [1.54, 1.807) is 0 Å². The highest BCUT2D eigenvalue weighted by molar-refractivity contribution is 6.03. The minimum atomic E-state index is -0.496. The number of esters is 1. The normalized spacial score (nSPS) is 38.5. The van der Waals surface area contributed by atoms with Gasteiger partial charge in [-0.25, -0.2) is 0 Å². The summed E-state index contributed by atoms with van der Waals surface area (Å²) < 4.78 is 5.26. The molecule has 1 aliphatic heterocycles. The average Bonchev–Trinajstić information content (AvgIpc) is 2.97. The number of rotatable bonds is 2. The molecule has 0 aromatic heterocycles. The maximum Gasteiger partial charge on any atom is 0.313 e. The largest absolute Gasteiger partial charge is 0.457 e. The summed E-state index contributed by atoms with van der Waals surface area (Å²) >= 11 is 0. The Morgan fingerprint density at radius 1 is 1.24 bits per heavy atom. The van der Waals surface area contributed by atoms with Crippen molar-refractivity contribution in [3.8, 4) is 0 Å². The van der Waals surface area contributed by atoms with Crippen LogP contribution in [0.1, 0.15) is 24.2 Å². The van der Waals surface area contributed by atoms with Crippen LogP contribution in [0, 0.1) is 17.8 Å². The molecule has 3 heteroatoms. The highest BCUT2D eigenvalue weighted by Crippen LogP contribution is 2.64. The fourth-order valence-corrected chi connectivity index (χ4v) is 3.07. The molecule has 0 amide bonds. The molecule has 2 fully saturated rings. The summed E-state index contributed by atoms with van der Waals surface area (Å²) in [5.41, 5.74) is 0.209. The van der Waals surface area contributed by atoms with Crippen molar-refractivity contribution in [1.29, 1.82) is 0 Å². The first-order chi connectivity index (χ1) is 8.09. The molecule has 1 saturated carbocycles. The second-order valence-electron chi connectivity index (χ2n) is 4.99. The molecule has 0 N–H and O–H groups in total. The Hall–Kier alpha value is -1.64. The van der Waals surface area contributed by atoms with E-state index in [0.29, 0.717) is 5.56 Å². The molecule has 88 valence electrons. The average molecular weight is 230 g/mol. The summed E-state index contributed by atoms with van der Waals surface area (Å²) in [5.74, 6) is -0.242. The van der Waals surface area contributed by atoms with E-state index in [1.807, 2.05) is 44.2 Å². The lowest BCUT2D eigenvalue weighted by Gasteiger charge is -2.34. The van der Waals surface area contributed by atoms with Crippen LogP contribution >= 0.6 is 0 Å². The predicted octanol–water partition coefficient (Wildman–Crippen LogP) is 2.07. The highest BCUT2D eigenvalue weighted by Gasteiger charge is 2.78. The zero-order chi connectivity index (χ0) is 12.2. The number of benzene rings is 1. The second-order valence-corrected chi connectivity index (χ2v) is 4.99. The van der Waals surface area contributed by atoms with Gasteiger partial charge in [-0.2, -0.15) is 0 Å². The summed E-state index contributed by atoms with van der Waals surface area (Å²) in [5, 5.41) is 0. The van der Waals surface area contributed by atoms with Gasteiger partial charge in [0, 0.05) is 11.5 Å². The molecule has 17 heavy (non-hydrogen) atoms. The molecule has 2 aliphatic rings. The van der Waals surface area contributed by atoms with E-state index in [-0.39, 0.29) is 29.5 Å². The first-order valence-corrected chi connectivity index (χ1v) is 5.91. The highest BCUT2D eigenvalue weighted by atomic mass is 16.6. The molecule has 1 aliphatic carbocycles. The Bertz CT molecular complexity index is 493. The molecule has 3 nitrogen and oxygen atoms in total. The maximum atomic E-state index is 12.3. The number of carbonyl (C=O) groups excluding carboxylic acids is 2. The van der Waals surface area contributed by atoms with E-state index in [9.17, 15) is 9.59 Å². The third-order valence-corrected chi connectivity index (χ3v) is 4.24. The molecular formula is C14H14O3. The number of hydrogen-bond acceptors (Lipinski definition) is 3. The third-order valence-electron chi connectivity index (χ3n) is 4.24. The molecule has 4 atom stereocenters. The van der Waals surface area contributed by atoms with Crippen LogP contribution in [0.2, 0.25) is 0 Å². The molecule has 1 spiro atoms. The zero-order valence-corrected chi connectivity index (χ0v) is 9.84. The lowest BCUT2D eigenvalue weighted by molar-refractivity contribution is -0.192. The monoisotopic (exact) mass is 230 g/mol. The van der Waals surface area contributed by atoms with Crippen molar-refractivity contribution < 1.29 is 14.3 Å². The Labute approximate surface area is 99.8 Å². The number of carbonyl (C=O) groups is 2. The first-order valence-electron chi connectivity index (χ1n) is 5.91. The lowest BCUT2D eigenvalue weighted by Crippen LogP contribution is -2.48. The Morgan fingerprint density at radius 2 is 1.88 bits per heavy atom. The van der Waals surface area contributed by atoms with E-state index in [2.05, 4.69) is 0 Å². The van der Waals surface area contributed by atoms with Gasteiger partial charge in [0.1, 0.15) is 5.60 Å². The topological polar surface area (TPSA) is 43.4 Å². The van der Waals surface area contributed by atoms with Gasteiger partial charge >= 0.3 is 5.97 Å². The van der Waals surface area contributed by atoms with Crippen LogP contribution in [0.25, 0.3) is 0 Å². The molecule has 0 radical (unpaired) electrons. The van der Waals surface area contributed by atoms with Crippen LogP contribution in [-0.4, -0.2) is 17.4 Å². The second kappa shape index (κ2) is 3.19. The molecule has 1 heterocycles. The van der Waals surface area contributed by atoms with E-state index in [0.717, 1.165) is 0 Å². The van der Waals surface area contributed by atoms with Crippen molar-refractivity contribution in [3.05, 3.63) is 35.9 Å². The number of ether oxygens (including phenoxy) is 1. The van der Waals surface area contributed by atoms with Gasteiger partial charge < -0.3 is 4.74 Å². The van der Waals surface area contributed by atoms with E-state index in [1.165, 1.54) is 0 Å². The van der Waals surface area contributed by atoms with Crippen molar-refractivity contribution in [2.45, 2.75) is 19.4 Å². The standard InChI is InChI=1S/C14H14O3/c1-8-11(14(8)9(2)13(16)17-14)12(15)10-6-4-3-5-7-10/h3-9,11H,1-2H3/t8-,9+,11+,14+/m1/s1. The molecule has 0 unspecified atom stereocenters. The predicted molar refractivity (Wildman–Crippen MR) is 61.4 cm³/mol. The number of Topliss-reactive ketones (excluding diaryl/α,β-unsaturated/α-hetero) is 1. The molecule has 1 aromatic carbocycles. The van der Waals surface area contributed by atoms with Gasteiger partial charge in [-0.1, -0.05) is 37.3 Å². The van der Waals surface area contributed by atoms with Crippen molar-refractivity contribution in [2.24, 2.45) is 17.8 Å². The fraction of sp³-hybridized carbons (Fsp3) is 0.429. The van der Waals surface area contributed by atoms with Crippen LogP contribution in [0.15, 0.2) is 30.3 Å². The van der Waals surface area contributed by atoms with Crippen LogP contribution in [0.3, 0.4) is 0 Å². The third kappa shape index (κ3) is 1.17. The maximum absolute atomic E-state index is 12.3. The van der Waals surface area contributed by atoms with Crippen LogP contribution < -0.4 is 0 Å². The van der Waals surface area contributed by atoms with Gasteiger partial charge in [-0.15, -0.1) is 0 Å². The Morgan fingerprint density at radius 3 is 2.41 bits per heavy atom. The summed E-state index contributed by atoms with van der Waals surface area (Å²) in [6.07, 6.45) is 0. The lowest BCUT2D eigenvalue weighted by atomic mass is 9.91. The van der Waals surface area contributed by atoms with E-state index >= 15 is 0 Å². The van der Waals surface area contributed by atoms with Gasteiger partial charge in [-0.3, -0.25) is 9.59 Å². The summed E-state index contributed by atoms with van der Waals surface area (Å²) in [7, 11) is 0. The van der Waals surface area contributed by atoms with Crippen LogP contribution in [0.4, 0.5) is 0 Å². The zero-order valence-electron chi connectivity index (χ0n) is 9.84. The number of hydrogen-bond donors (Lipinski definition) is 0. The van der Waals surface area contributed by atoms with Crippen molar-refractivity contribution in [3.63, 3.8) is 0 Å². The Balaban J connectivity index is 1.85. The molecular weight excluding hydrogens is 216 g/mol. The fourth-order valence-electron chi connectivity index (χ4n) is 3.07. The minimum Gasteiger partial charge on any atom is -0.457 e. The van der Waals surface area contributed by atoms with Gasteiger partial charge in [0.05, 0.1) is 11.8 Å². The van der Waals surface area contributed by atoms with Crippen molar-refractivity contribution >= 4 is 11.8 Å². The summed E-state index contributed by atoms with van der Waals surface area (Å²) in [6, 6.07) is 9.21. The van der Waals surface area contributed by atoms with Crippen molar-refractivity contribution in [1.82, 2.24) is 0 Å². The van der Waals surface area contributed by atoms with E-state index < -0.39 is 5.60 Å². The first kappa shape index (κ1) is 10.5. The molecule has 0 bridgehead atoms. The quantitative estimate of drug-likeness (QED) is 0.577. The smallest absolute Gasteiger partial charge is 0.313 e. The SMILES string of the molecule is C[C@@H]1[C@@H](C(=O)c2ccccc2)[C@]12OC(=O)[C@@H]2C. The minimum absolute atomic E-state index is 0.0949. The van der Waals surface area contributed by atoms with Gasteiger partial charge in [0.15, 0.2) is 5.78 Å². The molecule has 3 rings (SSSR count). The summed E-state index contributed by atoms with van der Waals surface area (Å²) in [4.78, 5) is 23.5. The van der Waals surface area contributed by atoms with Crippen LogP contribution in [-0.2, 0) is 9.53 Å². The van der Waals surface area contributed by atoms with Crippen LogP contribution in [0.5, 0.6) is 0 Å². The van der Waals surface area contributed by atoms with Gasteiger partial charge in [0.25, 0.3) is 0 Å². The molecule has 1 saturated heterocycles. The number of ketones is 1. The Kier molecular flexibility index (Phi) is 1.97. The van der Waals surface area contributed by atoms with Gasteiger partial charge in [0.2, 0.25) is 0 Å².